The molecule has 1 aromatic rings. The molecule has 0 radical (unpaired) electrons. The molecule has 2 bridgehead atoms. The van der Waals surface area contributed by atoms with E-state index in [4.69, 9.17) is 9.97 Å². The first-order chi connectivity index (χ1) is 10.2. The predicted molar refractivity (Wildman–Crippen MR) is 86.6 cm³/mol. The van der Waals surface area contributed by atoms with Gasteiger partial charge in [0.1, 0.15) is 5.82 Å². The van der Waals surface area contributed by atoms with Crippen LogP contribution in [-0.4, -0.2) is 23.1 Å². The number of hydrogen-bond donors (Lipinski definition) is 1. The van der Waals surface area contributed by atoms with Crippen LogP contribution in [0.1, 0.15) is 67.7 Å². The van der Waals surface area contributed by atoms with E-state index in [1.165, 1.54) is 49.1 Å². The summed E-state index contributed by atoms with van der Waals surface area (Å²) in [7, 11) is 0. The van der Waals surface area contributed by atoms with Crippen LogP contribution in [0.25, 0.3) is 0 Å². The maximum absolute atomic E-state index is 4.89. The summed E-state index contributed by atoms with van der Waals surface area (Å²) in [5, 5.41) is 3.47. The summed E-state index contributed by atoms with van der Waals surface area (Å²) >= 11 is 0. The van der Waals surface area contributed by atoms with Gasteiger partial charge in [-0.2, -0.15) is 0 Å². The molecule has 0 saturated heterocycles. The van der Waals surface area contributed by atoms with E-state index in [1.807, 2.05) is 0 Å². The third kappa shape index (κ3) is 3.13. The van der Waals surface area contributed by atoms with Crippen molar-refractivity contribution in [3.8, 4) is 0 Å². The highest BCUT2D eigenvalue weighted by Crippen LogP contribution is 2.52. The number of nitrogens with zero attached hydrogens (tertiary/aromatic N) is 2. The van der Waals surface area contributed by atoms with Gasteiger partial charge in [0.25, 0.3) is 0 Å². The fourth-order valence-electron chi connectivity index (χ4n) is 4.37. The molecule has 0 aromatic carbocycles. The first kappa shape index (κ1) is 15.0. The zero-order valence-corrected chi connectivity index (χ0v) is 13.8. The van der Waals surface area contributed by atoms with Crippen LogP contribution in [0.2, 0.25) is 0 Å². The normalized spacial score (nSPS) is 27.5. The SMILES string of the molecule is CCCNCCc1c(C)nc(C2CC3CCC2C3)nc1C. The van der Waals surface area contributed by atoms with Crippen LogP contribution in [-0.2, 0) is 6.42 Å². The number of fused-ring (bicyclic) bond motifs is 2. The fourth-order valence-corrected chi connectivity index (χ4v) is 4.37. The van der Waals surface area contributed by atoms with Crippen molar-refractivity contribution in [2.75, 3.05) is 13.1 Å². The Morgan fingerprint density at radius 2 is 1.81 bits per heavy atom. The van der Waals surface area contributed by atoms with Gasteiger partial charge in [0.05, 0.1) is 0 Å². The second-order valence-electron chi connectivity index (χ2n) is 7.01. The Hall–Kier alpha value is -0.960. The van der Waals surface area contributed by atoms with Gasteiger partial charge in [0, 0.05) is 17.3 Å². The van der Waals surface area contributed by atoms with Crippen molar-refractivity contribution in [2.24, 2.45) is 11.8 Å². The Morgan fingerprint density at radius 3 is 2.38 bits per heavy atom. The second-order valence-corrected chi connectivity index (χ2v) is 7.01. The number of aryl methyl sites for hydroxylation is 2. The molecular formula is C18H29N3. The molecule has 2 aliphatic rings. The second kappa shape index (κ2) is 6.43. The molecule has 3 nitrogen and oxygen atoms in total. The average molecular weight is 287 g/mol. The Kier molecular flexibility index (Phi) is 4.58. The average Bonchev–Trinajstić information content (AvgIpc) is 3.08. The van der Waals surface area contributed by atoms with Gasteiger partial charge >= 0.3 is 0 Å². The highest BCUT2D eigenvalue weighted by molar-refractivity contribution is 5.26. The number of nitrogens with one attached hydrogen (secondary N) is 1. The quantitative estimate of drug-likeness (QED) is 0.813. The molecule has 0 spiro atoms. The molecule has 0 amide bonds. The Bertz CT molecular complexity index is 474. The zero-order valence-electron chi connectivity index (χ0n) is 13.8. The maximum atomic E-state index is 4.89. The largest absolute Gasteiger partial charge is 0.316 e. The van der Waals surface area contributed by atoms with Crippen molar-refractivity contribution < 1.29 is 0 Å². The maximum Gasteiger partial charge on any atom is 0.132 e. The lowest BCUT2D eigenvalue weighted by molar-refractivity contribution is 0.404. The van der Waals surface area contributed by atoms with Gasteiger partial charge in [-0.05, 0) is 76.4 Å². The number of aromatic nitrogens is 2. The molecule has 3 unspecified atom stereocenters. The highest BCUT2D eigenvalue weighted by Gasteiger charge is 2.41. The van der Waals surface area contributed by atoms with E-state index in [0.717, 1.165) is 37.2 Å². The lowest BCUT2D eigenvalue weighted by Gasteiger charge is -2.22. The van der Waals surface area contributed by atoms with Gasteiger partial charge in [-0.25, -0.2) is 9.97 Å². The van der Waals surface area contributed by atoms with E-state index < -0.39 is 0 Å². The van der Waals surface area contributed by atoms with E-state index >= 15 is 0 Å². The first-order valence-corrected chi connectivity index (χ1v) is 8.73. The summed E-state index contributed by atoms with van der Waals surface area (Å²) in [5.41, 5.74) is 3.77. The smallest absolute Gasteiger partial charge is 0.132 e. The van der Waals surface area contributed by atoms with E-state index in [9.17, 15) is 0 Å². The van der Waals surface area contributed by atoms with Gasteiger partial charge in [0.15, 0.2) is 0 Å². The molecule has 2 fully saturated rings. The number of rotatable bonds is 6. The first-order valence-electron chi connectivity index (χ1n) is 8.73. The molecule has 1 N–H and O–H groups in total. The van der Waals surface area contributed by atoms with Gasteiger partial charge in [-0.15, -0.1) is 0 Å². The van der Waals surface area contributed by atoms with Crippen LogP contribution >= 0.6 is 0 Å². The topological polar surface area (TPSA) is 37.8 Å². The summed E-state index contributed by atoms with van der Waals surface area (Å²) in [6.07, 6.45) is 7.85. The Labute approximate surface area is 129 Å². The summed E-state index contributed by atoms with van der Waals surface area (Å²) in [6.45, 7) is 8.67. The molecular weight excluding hydrogens is 258 g/mol. The van der Waals surface area contributed by atoms with Crippen LogP contribution in [0, 0.1) is 25.7 Å². The fraction of sp³-hybridized carbons (Fsp3) is 0.778. The van der Waals surface area contributed by atoms with Gasteiger partial charge < -0.3 is 5.32 Å². The number of hydrogen-bond acceptors (Lipinski definition) is 3. The third-order valence-corrected chi connectivity index (χ3v) is 5.49. The summed E-state index contributed by atoms with van der Waals surface area (Å²) < 4.78 is 0. The van der Waals surface area contributed by atoms with Crippen LogP contribution < -0.4 is 5.32 Å². The van der Waals surface area contributed by atoms with E-state index in [1.54, 1.807) is 0 Å². The van der Waals surface area contributed by atoms with Crippen LogP contribution in [0.15, 0.2) is 0 Å². The molecule has 0 aliphatic heterocycles. The minimum atomic E-state index is 0.647. The summed E-state index contributed by atoms with van der Waals surface area (Å²) in [6, 6.07) is 0. The van der Waals surface area contributed by atoms with Gasteiger partial charge in [-0.3, -0.25) is 0 Å². The molecule has 1 heterocycles. The van der Waals surface area contributed by atoms with Crippen molar-refractivity contribution in [1.82, 2.24) is 15.3 Å². The predicted octanol–water partition coefficient (Wildman–Crippen LogP) is 3.54. The lowest BCUT2D eigenvalue weighted by atomic mass is 9.88. The summed E-state index contributed by atoms with van der Waals surface area (Å²) in [4.78, 5) is 9.79. The lowest BCUT2D eigenvalue weighted by Crippen LogP contribution is -2.20. The molecule has 116 valence electrons. The van der Waals surface area contributed by atoms with Crippen LogP contribution in [0.3, 0.4) is 0 Å². The standard InChI is InChI=1S/C18H29N3/c1-4-8-19-9-7-16-12(2)20-18(21-13(16)3)17-11-14-5-6-15(17)10-14/h14-15,17,19H,4-11H2,1-3H3. The van der Waals surface area contributed by atoms with Crippen molar-refractivity contribution in [3.05, 3.63) is 22.8 Å². The third-order valence-electron chi connectivity index (χ3n) is 5.49. The van der Waals surface area contributed by atoms with Crippen molar-refractivity contribution >= 4 is 0 Å². The minimum Gasteiger partial charge on any atom is -0.316 e. The summed E-state index contributed by atoms with van der Waals surface area (Å²) in [5.74, 6) is 3.61. The molecule has 2 saturated carbocycles. The zero-order chi connectivity index (χ0) is 14.8. The van der Waals surface area contributed by atoms with E-state index in [2.05, 4.69) is 26.1 Å². The van der Waals surface area contributed by atoms with Crippen molar-refractivity contribution in [3.63, 3.8) is 0 Å². The Balaban J connectivity index is 1.70. The molecule has 3 rings (SSSR count). The van der Waals surface area contributed by atoms with Gasteiger partial charge in [0.2, 0.25) is 0 Å². The minimum absolute atomic E-state index is 0.647. The van der Waals surface area contributed by atoms with Crippen molar-refractivity contribution in [2.45, 2.75) is 65.2 Å². The van der Waals surface area contributed by atoms with Gasteiger partial charge in [-0.1, -0.05) is 13.3 Å². The molecule has 2 aliphatic carbocycles. The Morgan fingerprint density at radius 1 is 1.05 bits per heavy atom. The van der Waals surface area contributed by atoms with Crippen LogP contribution in [0.4, 0.5) is 0 Å². The monoisotopic (exact) mass is 287 g/mol. The molecule has 1 aromatic heterocycles. The highest BCUT2D eigenvalue weighted by atomic mass is 14.9. The molecule has 21 heavy (non-hydrogen) atoms. The van der Waals surface area contributed by atoms with Crippen LogP contribution in [0.5, 0.6) is 0 Å². The van der Waals surface area contributed by atoms with E-state index in [-0.39, 0.29) is 0 Å². The molecule has 3 heteroatoms. The van der Waals surface area contributed by atoms with Crippen molar-refractivity contribution in [1.29, 1.82) is 0 Å². The molecule has 3 atom stereocenters. The van der Waals surface area contributed by atoms with E-state index in [0.29, 0.717) is 5.92 Å².